The average molecular weight is 512 g/mol. The normalized spacial score (nSPS) is 19.3. The van der Waals surface area contributed by atoms with Crippen molar-refractivity contribution in [3.8, 4) is 11.5 Å². The van der Waals surface area contributed by atoms with Crippen molar-refractivity contribution >= 4 is 11.8 Å². The minimum absolute atomic E-state index is 0.107. The van der Waals surface area contributed by atoms with Crippen LogP contribution in [0.25, 0.3) is 0 Å². The number of rotatable bonds is 8. The molecule has 0 radical (unpaired) electrons. The van der Waals surface area contributed by atoms with Crippen molar-refractivity contribution in [2.24, 2.45) is 0 Å². The van der Waals surface area contributed by atoms with E-state index in [2.05, 4.69) is 20.7 Å². The van der Waals surface area contributed by atoms with Gasteiger partial charge in [-0.2, -0.15) is 0 Å². The smallest absolute Gasteiger partial charge is 0.497 e. The highest BCUT2D eigenvalue weighted by Crippen LogP contribution is 2.31. The van der Waals surface area contributed by atoms with Gasteiger partial charge in [0.05, 0.1) is 31.8 Å². The number of benzene rings is 2. The number of ether oxygens (including phenoxy) is 2. The summed E-state index contributed by atoms with van der Waals surface area (Å²) in [6, 6.07) is 8.84. The predicted molar refractivity (Wildman–Crippen MR) is 124 cm³/mol. The van der Waals surface area contributed by atoms with Crippen LogP contribution in [0.15, 0.2) is 42.5 Å². The van der Waals surface area contributed by atoms with Gasteiger partial charge in [-0.05, 0) is 41.8 Å². The molecule has 1 heterocycles. The molecule has 0 spiro atoms. The topological polar surface area (TPSA) is 88.7 Å². The Bertz CT molecular complexity index is 1090. The monoisotopic (exact) mass is 511 g/mol. The van der Waals surface area contributed by atoms with E-state index in [4.69, 9.17) is 4.74 Å². The third-order valence-electron chi connectivity index (χ3n) is 6.24. The fourth-order valence-electron chi connectivity index (χ4n) is 4.09. The molecule has 2 unspecified atom stereocenters. The SMILES string of the molecule is CC[C@@H](NC(=O)C1CC(=O)NC(C(C)(C)c2ccc(OC)cc2)N1)c1ccc(OC(F)(F)F)c(F)c1. The standard InChI is InChI=1S/C25H29F4N3O4/c1-5-18(14-6-11-20(17(26)12-14)36-25(27,28)29)30-22(34)19-13-21(33)32-23(31-19)24(2,3)15-7-9-16(35-4)10-8-15/h6-12,18-19,23,31H,5,13H2,1-4H3,(H,30,34)(H,32,33)/t18-,19?,23?/m1/s1. The van der Waals surface area contributed by atoms with Crippen molar-refractivity contribution in [2.75, 3.05) is 7.11 Å². The zero-order valence-corrected chi connectivity index (χ0v) is 20.3. The molecule has 1 aliphatic rings. The van der Waals surface area contributed by atoms with Crippen molar-refractivity contribution in [1.82, 2.24) is 16.0 Å². The first kappa shape index (κ1) is 27.3. The number of carbonyl (C=O) groups is 2. The first-order valence-corrected chi connectivity index (χ1v) is 11.4. The molecule has 1 aliphatic heterocycles. The first-order chi connectivity index (χ1) is 16.8. The van der Waals surface area contributed by atoms with E-state index in [9.17, 15) is 27.2 Å². The molecule has 1 fully saturated rings. The molecule has 0 aromatic heterocycles. The highest BCUT2D eigenvalue weighted by Gasteiger charge is 2.40. The lowest BCUT2D eigenvalue weighted by atomic mass is 9.80. The lowest BCUT2D eigenvalue weighted by molar-refractivity contribution is -0.275. The Morgan fingerprint density at radius 3 is 2.39 bits per heavy atom. The van der Waals surface area contributed by atoms with E-state index in [1.807, 2.05) is 38.1 Å². The molecule has 2 aromatic carbocycles. The van der Waals surface area contributed by atoms with Crippen LogP contribution >= 0.6 is 0 Å². The lowest BCUT2D eigenvalue weighted by Crippen LogP contribution is -2.66. The van der Waals surface area contributed by atoms with Crippen LogP contribution in [0.4, 0.5) is 17.6 Å². The van der Waals surface area contributed by atoms with Crippen LogP contribution in [0.2, 0.25) is 0 Å². The van der Waals surface area contributed by atoms with Crippen molar-refractivity contribution in [2.45, 2.75) is 63.6 Å². The van der Waals surface area contributed by atoms with E-state index >= 15 is 0 Å². The molecule has 0 bridgehead atoms. The molecular weight excluding hydrogens is 482 g/mol. The van der Waals surface area contributed by atoms with Gasteiger partial charge >= 0.3 is 6.36 Å². The zero-order valence-electron chi connectivity index (χ0n) is 20.3. The van der Waals surface area contributed by atoms with Crippen LogP contribution < -0.4 is 25.4 Å². The van der Waals surface area contributed by atoms with Crippen LogP contribution in [0.5, 0.6) is 11.5 Å². The molecule has 2 amide bonds. The number of carbonyl (C=O) groups excluding carboxylic acids is 2. The number of alkyl halides is 3. The largest absolute Gasteiger partial charge is 0.573 e. The summed E-state index contributed by atoms with van der Waals surface area (Å²) < 4.78 is 60.3. The Kier molecular flexibility index (Phi) is 8.12. The Labute approximate surface area is 206 Å². The molecule has 2 aromatic rings. The van der Waals surface area contributed by atoms with Crippen LogP contribution in [0, 0.1) is 5.82 Å². The molecular formula is C25H29F4N3O4. The van der Waals surface area contributed by atoms with Crippen molar-refractivity contribution in [3.63, 3.8) is 0 Å². The van der Waals surface area contributed by atoms with Gasteiger partial charge in [0, 0.05) is 5.41 Å². The van der Waals surface area contributed by atoms with E-state index in [1.165, 1.54) is 6.07 Å². The summed E-state index contributed by atoms with van der Waals surface area (Å²) in [6.07, 6.45) is -5.36. The zero-order chi connectivity index (χ0) is 26.7. The number of nitrogens with one attached hydrogen (secondary N) is 3. The highest BCUT2D eigenvalue weighted by atomic mass is 19.4. The summed E-state index contributed by atoms with van der Waals surface area (Å²) in [4.78, 5) is 25.6. The summed E-state index contributed by atoms with van der Waals surface area (Å²) in [5.41, 5.74) is 0.584. The number of methoxy groups -OCH3 is 1. The first-order valence-electron chi connectivity index (χ1n) is 11.4. The van der Waals surface area contributed by atoms with Gasteiger partial charge in [0.15, 0.2) is 11.6 Å². The average Bonchev–Trinajstić information content (AvgIpc) is 2.82. The second kappa shape index (κ2) is 10.7. The van der Waals surface area contributed by atoms with Crippen LogP contribution in [-0.2, 0) is 15.0 Å². The van der Waals surface area contributed by atoms with Gasteiger partial charge in [0.1, 0.15) is 5.75 Å². The molecule has 0 saturated carbocycles. The molecule has 36 heavy (non-hydrogen) atoms. The third kappa shape index (κ3) is 6.45. The summed E-state index contributed by atoms with van der Waals surface area (Å²) >= 11 is 0. The summed E-state index contributed by atoms with van der Waals surface area (Å²) in [6.45, 7) is 5.59. The summed E-state index contributed by atoms with van der Waals surface area (Å²) in [5, 5.41) is 8.83. The quantitative estimate of drug-likeness (QED) is 0.465. The predicted octanol–water partition coefficient (Wildman–Crippen LogP) is 4.08. The fraction of sp³-hybridized carbons (Fsp3) is 0.440. The van der Waals surface area contributed by atoms with Gasteiger partial charge in [-0.15, -0.1) is 13.2 Å². The van der Waals surface area contributed by atoms with Crippen molar-refractivity contribution in [1.29, 1.82) is 0 Å². The van der Waals surface area contributed by atoms with Crippen LogP contribution in [-0.4, -0.2) is 37.5 Å². The lowest BCUT2D eigenvalue weighted by Gasteiger charge is -2.41. The number of halogens is 4. The van der Waals surface area contributed by atoms with Crippen molar-refractivity contribution in [3.05, 3.63) is 59.4 Å². The van der Waals surface area contributed by atoms with E-state index in [1.54, 1.807) is 14.0 Å². The fourth-order valence-corrected chi connectivity index (χ4v) is 4.09. The number of hydrogen-bond acceptors (Lipinski definition) is 5. The maximum Gasteiger partial charge on any atom is 0.573 e. The van der Waals surface area contributed by atoms with E-state index in [-0.39, 0.29) is 17.9 Å². The van der Waals surface area contributed by atoms with Crippen molar-refractivity contribution < 1.29 is 36.6 Å². The number of hydrogen-bond donors (Lipinski definition) is 3. The second-order valence-electron chi connectivity index (χ2n) is 9.08. The van der Waals surface area contributed by atoms with Gasteiger partial charge in [0.25, 0.3) is 0 Å². The molecule has 3 N–H and O–H groups in total. The van der Waals surface area contributed by atoms with Crippen LogP contribution in [0.1, 0.15) is 50.8 Å². The number of amides is 2. The maximum atomic E-state index is 14.2. The molecule has 3 rings (SSSR count). The molecule has 3 atom stereocenters. The molecule has 11 heteroatoms. The molecule has 196 valence electrons. The maximum absolute atomic E-state index is 14.2. The van der Waals surface area contributed by atoms with E-state index < -0.39 is 47.5 Å². The van der Waals surface area contributed by atoms with Gasteiger partial charge < -0.3 is 20.1 Å². The Balaban J connectivity index is 1.73. The Hall–Kier alpha value is -3.34. The minimum Gasteiger partial charge on any atom is -0.497 e. The van der Waals surface area contributed by atoms with E-state index in [0.29, 0.717) is 12.2 Å². The third-order valence-corrected chi connectivity index (χ3v) is 6.24. The Morgan fingerprint density at radius 2 is 1.83 bits per heavy atom. The highest BCUT2D eigenvalue weighted by molar-refractivity contribution is 5.90. The Morgan fingerprint density at radius 1 is 1.17 bits per heavy atom. The molecule has 7 nitrogen and oxygen atoms in total. The van der Waals surface area contributed by atoms with Gasteiger partial charge in [-0.25, -0.2) is 4.39 Å². The second-order valence-corrected chi connectivity index (χ2v) is 9.08. The van der Waals surface area contributed by atoms with E-state index in [0.717, 1.165) is 17.7 Å². The minimum atomic E-state index is -5.02. The van der Waals surface area contributed by atoms with Gasteiger partial charge in [-0.3, -0.25) is 14.9 Å². The van der Waals surface area contributed by atoms with Gasteiger partial charge in [-0.1, -0.05) is 39.0 Å². The van der Waals surface area contributed by atoms with Crippen LogP contribution in [0.3, 0.4) is 0 Å². The summed E-state index contributed by atoms with van der Waals surface area (Å²) in [7, 11) is 1.56. The molecule has 0 aliphatic carbocycles. The summed E-state index contributed by atoms with van der Waals surface area (Å²) in [5.74, 6) is -2.26. The molecule has 1 saturated heterocycles. The van der Waals surface area contributed by atoms with Gasteiger partial charge in [0.2, 0.25) is 11.8 Å².